The first-order valence-electron chi connectivity index (χ1n) is 12.0. The largest absolute Gasteiger partial charge is 0.494 e. The first-order valence-corrected chi connectivity index (χ1v) is 12.0. The molecule has 4 aromatic carbocycles. The van der Waals surface area contributed by atoms with Crippen LogP contribution in [0.1, 0.15) is 30.4 Å². The maximum absolute atomic E-state index is 13.8. The van der Waals surface area contributed by atoms with Gasteiger partial charge in [0.1, 0.15) is 23.1 Å². The van der Waals surface area contributed by atoms with Crippen molar-refractivity contribution in [3.8, 4) is 33.8 Å². The molecule has 4 aromatic rings. The molecule has 0 fully saturated rings. The number of aryl methyl sites for hydroxylation is 2. The van der Waals surface area contributed by atoms with E-state index < -0.39 is 0 Å². The van der Waals surface area contributed by atoms with E-state index in [0.29, 0.717) is 24.3 Å². The summed E-state index contributed by atoms with van der Waals surface area (Å²) in [6.45, 7) is 4.80. The Balaban J connectivity index is 1.14. The molecule has 0 radical (unpaired) electrons. The maximum Gasteiger partial charge on any atom is 0.126 e. The highest BCUT2D eigenvalue weighted by Crippen LogP contribution is 2.25. The van der Waals surface area contributed by atoms with E-state index in [1.807, 2.05) is 60.7 Å². The Kier molecular flexibility index (Phi) is 8.15. The molecular formula is C31H30F2O2. The lowest BCUT2D eigenvalue weighted by atomic mass is 10.0. The maximum atomic E-state index is 13.8. The van der Waals surface area contributed by atoms with E-state index in [1.54, 1.807) is 38.1 Å². The van der Waals surface area contributed by atoms with Crippen molar-refractivity contribution in [2.75, 3.05) is 13.2 Å². The van der Waals surface area contributed by atoms with Crippen LogP contribution < -0.4 is 9.47 Å². The second kappa shape index (κ2) is 11.7. The molecule has 0 amide bonds. The van der Waals surface area contributed by atoms with Crippen molar-refractivity contribution < 1.29 is 18.3 Å². The van der Waals surface area contributed by atoms with E-state index in [2.05, 4.69) is 0 Å². The topological polar surface area (TPSA) is 18.5 Å². The Labute approximate surface area is 206 Å². The molecule has 0 unspecified atom stereocenters. The summed E-state index contributed by atoms with van der Waals surface area (Å²) in [5.41, 5.74) is 4.94. The third-order valence-corrected chi connectivity index (χ3v) is 6.05. The first-order chi connectivity index (χ1) is 17.0. The minimum atomic E-state index is -0.192. The van der Waals surface area contributed by atoms with Gasteiger partial charge in [0.05, 0.1) is 13.2 Å². The molecule has 0 heterocycles. The summed E-state index contributed by atoms with van der Waals surface area (Å²) in [5, 5.41) is 0. The summed E-state index contributed by atoms with van der Waals surface area (Å²) in [5.74, 6) is 1.24. The van der Waals surface area contributed by atoms with Crippen molar-refractivity contribution in [1.82, 2.24) is 0 Å². The van der Waals surface area contributed by atoms with Gasteiger partial charge in [-0.15, -0.1) is 0 Å². The van der Waals surface area contributed by atoms with Gasteiger partial charge in [0, 0.05) is 0 Å². The number of benzene rings is 4. The Morgan fingerprint density at radius 3 is 1.23 bits per heavy atom. The Morgan fingerprint density at radius 1 is 0.486 bits per heavy atom. The summed E-state index contributed by atoms with van der Waals surface area (Å²) >= 11 is 0. The van der Waals surface area contributed by atoms with Gasteiger partial charge in [-0.2, -0.15) is 0 Å². The molecule has 0 aliphatic rings. The molecule has 0 N–H and O–H groups in total. The van der Waals surface area contributed by atoms with Gasteiger partial charge in [-0.1, -0.05) is 48.5 Å². The van der Waals surface area contributed by atoms with E-state index >= 15 is 0 Å². The SMILES string of the molecule is Cc1ccc(-c2ccc(OCCCCCOc3ccc(-c4ccc(C)c(F)c4)cc3)cc2)cc1F. The molecular weight excluding hydrogens is 442 g/mol. The van der Waals surface area contributed by atoms with E-state index in [4.69, 9.17) is 9.47 Å². The number of unbranched alkanes of at least 4 members (excludes halogenated alkanes) is 2. The lowest BCUT2D eigenvalue weighted by Gasteiger charge is -2.09. The van der Waals surface area contributed by atoms with E-state index in [9.17, 15) is 8.78 Å². The second-order valence-electron chi connectivity index (χ2n) is 8.73. The smallest absolute Gasteiger partial charge is 0.126 e. The van der Waals surface area contributed by atoms with Gasteiger partial charge in [-0.25, -0.2) is 8.78 Å². The number of rotatable bonds is 10. The summed E-state index contributed by atoms with van der Waals surface area (Å²) in [4.78, 5) is 0. The van der Waals surface area contributed by atoms with Crippen LogP contribution in [-0.2, 0) is 0 Å². The normalized spacial score (nSPS) is 10.9. The van der Waals surface area contributed by atoms with Crippen molar-refractivity contribution in [2.24, 2.45) is 0 Å². The summed E-state index contributed by atoms with van der Waals surface area (Å²) < 4.78 is 39.3. The number of halogens is 2. The predicted molar refractivity (Wildman–Crippen MR) is 138 cm³/mol. The fourth-order valence-electron chi connectivity index (χ4n) is 3.79. The quantitative estimate of drug-likeness (QED) is 0.215. The summed E-state index contributed by atoms with van der Waals surface area (Å²) in [6, 6.07) is 26.1. The molecule has 0 aromatic heterocycles. The van der Waals surface area contributed by atoms with Gasteiger partial charge in [0.15, 0.2) is 0 Å². The summed E-state index contributed by atoms with van der Waals surface area (Å²) in [7, 11) is 0. The standard InChI is InChI=1S/C31H30F2O2/c1-22-6-8-26(20-30(22)32)24-10-14-28(15-11-24)34-18-4-3-5-19-35-29-16-12-25(13-17-29)27-9-7-23(2)31(33)21-27/h6-17,20-21H,3-5,18-19H2,1-2H3. The molecule has 2 nitrogen and oxygen atoms in total. The van der Waals surface area contributed by atoms with Gasteiger partial charge < -0.3 is 9.47 Å². The third kappa shape index (κ3) is 6.69. The van der Waals surface area contributed by atoms with Crippen molar-refractivity contribution in [1.29, 1.82) is 0 Å². The van der Waals surface area contributed by atoms with Crippen LogP contribution in [0.15, 0.2) is 84.9 Å². The van der Waals surface area contributed by atoms with Gasteiger partial charge >= 0.3 is 0 Å². The Morgan fingerprint density at radius 2 is 0.857 bits per heavy atom. The van der Waals surface area contributed by atoms with Crippen LogP contribution in [0.5, 0.6) is 11.5 Å². The van der Waals surface area contributed by atoms with Crippen LogP contribution in [0.4, 0.5) is 8.78 Å². The Hall–Kier alpha value is -3.66. The molecule has 0 bridgehead atoms. The number of hydrogen-bond donors (Lipinski definition) is 0. The monoisotopic (exact) mass is 472 g/mol. The van der Waals surface area contributed by atoms with Crippen molar-refractivity contribution in [2.45, 2.75) is 33.1 Å². The van der Waals surface area contributed by atoms with Crippen LogP contribution >= 0.6 is 0 Å². The lowest BCUT2D eigenvalue weighted by molar-refractivity contribution is 0.279. The van der Waals surface area contributed by atoms with Crippen LogP contribution in [0.2, 0.25) is 0 Å². The second-order valence-corrected chi connectivity index (χ2v) is 8.73. The lowest BCUT2D eigenvalue weighted by Crippen LogP contribution is -2.01. The van der Waals surface area contributed by atoms with E-state index in [0.717, 1.165) is 53.0 Å². The molecule has 4 heteroatoms. The van der Waals surface area contributed by atoms with E-state index in [1.165, 1.54) is 0 Å². The summed E-state index contributed by atoms with van der Waals surface area (Å²) in [6.07, 6.45) is 2.87. The fourth-order valence-corrected chi connectivity index (χ4v) is 3.79. The number of ether oxygens (including phenoxy) is 2. The predicted octanol–water partition coefficient (Wildman–Crippen LogP) is 8.54. The zero-order valence-electron chi connectivity index (χ0n) is 20.2. The van der Waals surface area contributed by atoms with Gasteiger partial charge in [-0.3, -0.25) is 0 Å². The highest BCUT2D eigenvalue weighted by Gasteiger charge is 2.04. The molecule has 0 aliphatic heterocycles. The van der Waals surface area contributed by atoms with Gasteiger partial charge in [-0.05, 0) is 103 Å². The minimum Gasteiger partial charge on any atom is -0.494 e. The highest BCUT2D eigenvalue weighted by molar-refractivity contribution is 5.65. The van der Waals surface area contributed by atoms with Gasteiger partial charge in [0.2, 0.25) is 0 Å². The number of hydrogen-bond acceptors (Lipinski definition) is 2. The van der Waals surface area contributed by atoms with E-state index in [-0.39, 0.29) is 11.6 Å². The highest BCUT2D eigenvalue weighted by atomic mass is 19.1. The molecule has 35 heavy (non-hydrogen) atoms. The zero-order chi connectivity index (χ0) is 24.6. The van der Waals surface area contributed by atoms with Crippen LogP contribution in [0, 0.1) is 25.5 Å². The van der Waals surface area contributed by atoms with Crippen LogP contribution in [0.3, 0.4) is 0 Å². The Bertz CT molecular complexity index is 1150. The zero-order valence-corrected chi connectivity index (χ0v) is 20.2. The third-order valence-electron chi connectivity index (χ3n) is 6.05. The molecule has 4 rings (SSSR count). The minimum absolute atomic E-state index is 0.192. The average molecular weight is 473 g/mol. The molecule has 180 valence electrons. The molecule has 0 spiro atoms. The first kappa shape index (κ1) is 24.5. The van der Waals surface area contributed by atoms with Crippen LogP contribution in [-0.4, -0.2) is 13.2 Å². The molecule has 0 atom stereocenters. The van der Waals surface area contributed by atoms with Gasteiger partial charge in [0.25, 0.3) is 0 Å². The molecule has 0 saturated heterocycles. The van der Waals surface area contributed by atoms with Crippen molar-refractivity contribution in [3.05, 3.63) is 108 Å². The van der Waals surface area contributed by atoms with Crippen molar-refractivity contribution >= 4 is 0 Å². The average Bonchev–Trinajstić information content (AvgIpc) is 2.87. The van der Waals surface area contributed by atoms with Crippen molar-refractivity contribution in [3.63, 3.8) is 0 Å². The van der Waals surface area contributed by atoms with Crippen LogP contribution in [0.25, 0.3) is 22.3 Å². The fraction of sp³-hybridized carbons (Fsp3) is 0.226. The molecule has 0 saturated carbocycles. The molecule has 0 aliphatic carbocycles.